The number of methoxy groups -OCH3 is 2. The van der Waals surface area contributed by atoms with Crippen molar-refractivity contribution >= 4 is 21.7 Å². The number of halogens is 1. The number of ether oxygens (including phenoxy) is 2. The van der Waals surface area contributed by atoms with Crippen LogP contribution < -0.4 is 15.2 Å². The summed E-state index contributed by atoms with van der Waals surface area (Å²) in [5.74, 6) is 1.00. The van der Waals surface area contributed by atoms with Gasteiger partial charge in [0.1, 0.15) is 0 Å². The molecule has 0 radical (unpaired) electrons. The third-order valence-corrected chi connectivity index (χ3v) is 2.92. The summed E-state index contributed by atoms with van der Waals surface area (Å²) in [6.45, 7) is 1.78. The van der Waals surface area contributed by atoms with Gasteiger partial charge in [-0.3, -0.25) is 4.79 Å². The fourth-order valence-corrected chi connectivity index (χ4v) is 2.11. The molecule has 0 aromatic heterocycles. The summed E-state index contributed by atoms with van der Waals surface area (Å²) in [5.41, 5.74) is 6.63. The Morgan fingerprint density at radius 1 is 1.38 bits per heavy atom. The van der Waals surface area contributed by atoms with Crippen LogP contribution in [-0.4, -0.2) is 26.5 Å². The van der Waals surface area contributed by atoms with E-state index in [1.165, 1.54) is 7.11 Å². The normalized spacial score (nSPS) is 10.1. The van der Waals surface area contributed by atoms with Gasteiger partial charge in [-0.2, -0.15) is 0 Å². The highest BCUT2D eigenvalue weighted by Crippen LogP contribution is 2.39. The van der Waals surface area contributed by atoms with Crippen LogP contribution >= 0.6 is 15.9 Å². The highest BCUT2D eigenvalue weighted by Gasteiger charge is 2.18. The summed E-state index contributed by atoms with van der Waals surface area (Å²) in [5, 5.41) is 0. The fourth-order valence-electron chi connectivity index (χ4n) is 1.54. The maximum absolute atomic E-state index is 11.6. The molecule has 0 unspecified atom stereocenters. The molecule has 0 aliphatic heterocycles. The number of hydrogen-bond donors (Lipinski definition) is 1. The minimum Gasteiger partial charge on any atom is -0.493 e. The Bertz CT molecular complexity index is 418. The Balaban J connectivity index is 3.45. The third kappa shape index (κ3) is 2.20. The van der Waals surface area contributed by atoms with Crippen LogP contribution in [0.15, 0.2) is 10.5 Å². The van der Waals surface area contributed by atoms with Crippen molar-refractivity contribution in [2.24, 2.45) is 5.73 Å². The fraction of sp³-hybridized carbons (Fsp3) is 0.364. The summed E-state index contributed by atoms with van der Waals surface area (Å²) in [7, 11) is 3.08. The standard InChI is InChI=1S/C11H14BrNO3/c1-6-7(9(14)5-13)4-8(12)11(16-3)10(6)15-2/h4H,5,13H2,1-3H3. The lowest BCUT2D eigenvalue weighted by molar-refractivity contribution is 0.100. The van der Waals surface area contributed by atoms with Crippen LogP contribution in [0.1, 0.15) is 15.9 Å². The molecule has 0 amide bonds. The Morgan fingerprint density at radius 2 is 1.94 bits per heavy atom. The molecule has 0 saturated carbocycles. The van der Waals surface area contributed by atoms with Gasteiger partial charge in [0, 0.05) is 11.1 Å². The van der Waals surface area contributed by atoms with Crippen molar-refractivity contribution in [1.82, 2.24) is 0 Å². The lowest BCUT2D eigenvalue weighted by atomic mass is 10.0. The van der Waals surface area contributed by atoms with Crippen LogP contribution in [-0.2, 0) is 0 Å². The molecule has 0 spiro atoms. The van der Waals surface area contributed by atoms with E-state index >= 15 is 0 Å². The Kier molecular flexibility index (Phi) is 4.32. The van der Waals surface area contributed by atoms with E-state index in [1.807, 2.05) is 0 Å². The first-order valence-electron chi connectivity index (χ1n) is 4.71. The number of Topliss-reactive ketones (excluding diaryl/α,β-unsaturated/α-hetero) is 1. The van der Waals surface area contributed by atoms with Crippen molar-refractivity contribution in [2.75, 3.05) is 20.8 Å². The number of nitrogens with two attached hydrogens (primary N) is 1. The number of carbonyl (C=O) groups excluding carboxylic acids is 1. The van der Waals surface area contributed by atoms with Gasteiger partial charge in [-0.25, -0.2) is 0 Å². The van der Waals surface area contributed by atoms with Gasteiger partial charge in [0.15, 0.2) is 17.3 Å². The van der Waals surface area contributed by atoms with Gasteiger partial charge in [0.05, 0.1) is 25.2 Å². The van der Waals surface area contributed by atoms with Crippen LogP contribution in [0.4, 0.5) is 0 Å². The smallest absolute Gasteiger partial charge is 0.176 e. The third-order valence-electron chi connectivity index (χ3n) is 2.33. The van der Waals surface area contributed by atoms with E-state index in [1.54, 1.807) is 20.1 Å². The van der Waals surface area contributed by atoms with Gasteiger partial charge in [-0.15, -0.1) is 0 Å². The lowest BCUT2D eigenvalue weighted by Crippen LogP contribution is -2.15. The molecule has 4 nitrogen and oxygen atoms in total. The van der Waals surface area contributed by atoms with E-state index in [-0.39, 0.29) is 12.3 Å². The topological polar surface area (TPSA) is 61.5 Å². The maximum atomic E-state index is 11.6. The van der Waals surface area contributed by atoms with E-state index in [2.05, 4.69) is 15.9 Å². The molecule has 1 aromatic carbocycles. The van der Waals surface area contributed by atoms with Gasteiger partial charge in [0.2, 0.25) is 0 Å². The molecule has 0 fully saturated rings. The van der Waals surface area contributed by atoms with Crippen LogP contribution in [0.5, 0.6) is 11.5 Å². The SMILES string of the molecule is COc1c(Br)cc(C(=O)CN)c(C)c1OC. The minimum atomic E-state index is -0.126. The molecule has 0 heterocycles. The Labute approximate surface area is 103 Å². The second-order valence-corrected chi connectivity index (χ2v) is 4.08. The molecule has 1 aromatic rings. The van der Waals surface area contributed by atoms with Crippen LogP contribution in [0, 0.1) is 6.92 Å². The van der Waals surface area contributed by atoms with Gasteiger partial charge in [0.25, 0.3) is 0 Å². The average Bonchev–Trinajstić information content (AvgIpc) is 2.29. The largest absolute Gasteiger partial charge is 0.493 e. The molecule has 0 atom stereocenters. The zero-order valence-corrected chi connectivity index (χ0v) is 11.1. The van der Waals surface area contributed by atoms with Crippen LogP contribution in [0.3, 0.4) is 0 Å². The highest BCUT2D eigenvalue weighted by atomic mass is 79.9. The van der Waals surface area contributed by atoms with E-state index in [0.717, 1.165) is 5.56 Å². The monoisotopic (exact) mass is 287 g/mol. The number of hydrogen-bond acceptors (Lipinski definition) is 4. The van der Waals surface area contributed by atoms with E-state index in [9.17, 15) is 4.79 Å². The molecule has 88 valence electrons. The molecule has 5 heteroatoms. The van der Waals surface area contributed by atoms with Gasteiger partial charge in [-0.1, -0.05) is 0 Å². The summed E-state index contributed by atoms with van der Waals surface area (Å²) in [6.07, 6.45) is 0. The molecular weight excluding hydrogens is 274 g/mol. The first kappa shape index (κ1) is 13.0. The van der Waals surface area contributed by atoms with Crippen molar-refractivity contribution in [2.45, 2.75) is 6.92 Å². The average molecular weight is 288 g/mol. The number of carbonyl (C=O) groups is 1. The van der Waals surface area contributed by atoms with Gasteiger partial charge in [-0.05, 0) is 28.9 Å². The molecular formula is C11H14BrNO3. The summed E-state index contributed by atoms with van der Waals surface area (Å²) >= 11 is 3.33. The molecule has 0 bridgehead atoms. The minimum absolute atomic E-state index is 0.0250. The van der Waals surface area contributed by atoms with E-state index in [4.69, 9.17) is 15.2 Å². The quantitative estimate of drug-likeness (QED) is 0.860. The molecule has 0 aliphatic carbocycles. The van der Waals surface area contributed by atoms with E-state index < -0.39 is 0 Å². The van der Waals surface area contributed by atoms with Gasteiger partial charge >= 0.3 is 0 Å². The summed E-state index contributed by atoms with van der Waals surface area (Å²) < 4.78 is 11.1. The zero-order valence-electron chi connectivity index (χ0n) is 9.46. The van der Waals surface area contributed by atoms with Crippen molar-refractivity contribution in [3.05, 3.63) is 21.7 Å². The maximum Gasteiger partial charge on any atom is 0.176 e. The predicted molar refractivity (Wildman–Crippen MR) is 65.4 cm³/mol. The number of rotatable bonds is 4. The van der Waals surface area contributed by atoms with E-state index in [0.29, 0.717) is 21.5 Å². The molecule has 0 saturated heterocycles. The molecule has 16 heavy (non-hydrogen) atoms. The second-order valence-electron chi connectivity index (χ2n) is 3.22. The van der Waals surface area contributed by atoms with Crippen molar-refractivity contribution in [3.63, 3.8) is 0 Å². The first-order chi connectivity index (χ1) is 7.56. The van der Waals surface area contributed by atoms with Crippen LogP contribution in [0.2, 0.25) is 0 Å². The van der Waals surface area contributed by atoms with Crippen LogP contribution in [0.25, 0.3) is 0 Å². The lowest BCUT2D eigenvalue weighted by Gasteiger charge is -2.15. The first-order valence-corrected chi connectivity index (χ1v) is 5.50. The zero-order chi connectivity index (χ0) is 12.3. The Hall–Kier alpha value is -1.07. The van der Waals surface area contributed by atoms with Crippen molar-refractivity contribution in [1.29, 1.82) is 0 Å². The second kappa shape index (κ2) is 5.32. The molecule has 0 aliphatic rings. The molecule has 1 rings (SSSR count). The molecule has 2 N–H and O–H groups in total. The van der Waals surface area contributed by atoms with Gasteiger partial charge < -0.3 is 15.2 Å². The number of ketones is 1. The predicted octanol–water partition coefficient (Wildman–Crippen LogP) is 1.92. The number of benzene rings is 1. The highest BCUT2D eigenvalue weighted by molar-refractivity contribution is 9.10. The van der Waals surface area contributed by atoms with Crippen molar-refractivity contribution < 1.29 is 14.3 Å². The summed E-state index contributed by atoms with van der Waals surface area (Å²) in [4.78, 5) is 11.6. The Morgan fingerprint density at radius 3 is 2.38 bits per heavy atom. The summed E-state index contributed by atoms with van der Waals surface area (Å²) in [6, 6.07) is 1.70. The van der Waals surface area contributed by atoms with Crippen molar-refractivity contribution in [3.8, 4) is 11.5 Å².